The molecule has 0 aromatic heterocycles. The number of halogens is 3. The molecular weight excluding hydrogens is 345 g/mol. The lowest BCUT2D eigenvalue weighted by molar-refractivity contribution is 0.143. The first kappa shape index (κ1) is 15.4. The molecule has 0 spiro atoms. The van der Waals surface area contributed by atoms with E-state index in [1.807, 2.05) is 6.07 Å². The van der Waals surface area contributed by atoms with Gasteiger partial charge in [-0.3, -0.25) is 0 Å². The van der Waals surface area contributed by atoms with Gasteiger partial charge in [-0.25, -0.2) is 4.39 Å². The van der Waals surface area contributed by atoms with Crippen LogP contribution in [-0.4, -0.2) is 11.7 Å². The van der Waals surface area contributed by atoms with Gasteiger partial charge in [0.15, 0.2) is 0 Å². The van der Waals surface area contributed by atoms with Crippen molar-refractivity contribution in [3.8, 4) is 0 Å². The number of benzene rings is 2. The number of hydrogen-bond acceptors (Lipinski definition) is 2. The van der Waals surface area contributed by atoms with Gasteiger partial charge in [-0.05, 0) is 29.8 Å². The van der Waals surface area contributed by atoms with Gasteiger partial charge in [0.25, 0.3) is 0 Å². The van der Waals surface area contributed by atoms with Crippen LogP contribution in [0.25, 0.3) is 0 Å². The van der Waals surface area contributed by atoms with Gasteiger partial charge in [-0.2, -0.15) is 0 Å². The van der Waals surface area contributed by atoms with Crippen LogP contribution in [0.5, 0.6) is 0 Å². The zero-order valence-corrected chi connectivity index (χ0v) is 12.9. The van der Waals surface area contributed by atoms with E-state index >= 15 is 0 Å². The van der Waals surface area contributed by atoms with Gasteiger partial charge in [0.2, 0.25) is 0 Å². The summed E-state index contributed by atoms with van der Waals surface area (Å²) in [5, 5.41) is 11.0. The third kappa shape index (κ3) is 3.38. The van der Waals surface area contributed by atoms with Crippen LogP contribution in [0.4, 0.5) is 4.39 Å². The van der Waals surface area contributed by atoms with E-state index in [4.69, 9.17) is 17.3 Å². The first-order valence-corrected chi connectivity index (χ1v) is 7.28. The predicted octanol–water partition coefficient (Wildman–Crippen LogP) is 4.02. The van der Waals surface area contributed by atoms with E-state index in [-0.39, 0.29) is 12.1 Å². The molecule has 0 radical (unpaired) electrons. The molecular formula is C15H14BrClFNO. The molecule has 0 aliphatic carbocycles. The van der Waals surface area contributed by atoms with E-state index in [0.717, 1.165) is 5.56 Å². The summed E-state index contributed by atoms with van der Waals surface area (Å²) in [5.74, 6) is -0.878. The summed E-state index contributed by atoms with van der Waals surface area (Å²) in [6.45, 7) is 0.191. The highest BCUT2D eigenvalue weighted by molar-refractivity contribution is 9.10. The van der Waals surface area contributed by atoms with Crippen LogP contribution < -0.4 is 5.73 Å². The molecule has 20 heavy (non-hydrogen) atoms. The van der Waals surface area contributed by atoms with Gasteiger partial charge in [0, 0.05) is 27.5 Å². The minimum absolute atomic E-state index is 0.191. The summed E-state index contributed by atoms with van der Waals surface area (Å²) in [7, 11) is 0. The Hall–Kier alpha value is -0.940. The van der Waals surface area contributed by atoms with E-state index in [1.54, 1.807) is 30.3 Å². The molecule has 0 saturated heterocycles. The molecule has 0 bridgehead atoms. The van der Waals surface area contributed by atoms with E-state index in [2.05, 4.69) is 15.9 Å². The molecule has 2 nitrogen and oxygen atoms in total. The molecule has 0 fully saturated rings. The quantitative estimate of drug-likeness (QED) is 0.867. The minimum atomic E-state index is -1.02. The van der Waals surface area contributed by atoms with E-state index in [9.17, 15) is 9.50 Å². The Morgan fingerprint density at radius 3 is 2.60 bits per heavy atom. The molecule has 0 saturated carbocycles. The molecule has 2 atom stereocenters. The molecule has 106 valence electrons. The third-order valence-electron chi connectivity index (χ3n) is 3.19. The van der Waals surface area contributed by atoms with Crippen molar-refractivity contribution in [3.05, 3.63) is 68.9 Å². The SMILES string of the molecule is NCC(c1cccc(Cl)c1)C(O)c1ccc(Br)cc1F. The lowest BCUT2D eigenvalue weighted by atomic mass is 9.89. The first-order valence-electron chi connectivity index (χ1n) is 6.11. The summed E-state index contributed by atoms with van der Waals surface area (Å²) in [4.78, 5) is 0. The van der Waals surface area contributed by atoms with Crippen LogP contribution in [-0.2, 0) is 0 Å². The van der Waals surface area contributed by atoms with Crippen molar-refractivity contribution in [2.24, 2.45) is 5.73 Å². The van der Waals surface area contributed by atoms with Crippen molar-refractivity contribution in [2.75, 3.05) is 6.54 Å². The van der Waals surface area contributed by atoms with Gasteiger partial charge in [0.1, 0.15) is 5.82 Å². The number of rotatable bonds is 4. The number of hydrogen-bond donors (Lipinski definition) is 2. The molecule has 3 N–H and O–H groups in total. The van der Waals surface area contributed by atoms with Crippen LogP contribution in [0.15, 0.2) is 46.9 Å². The fourth-order valence-electron chi connectivity index (χ4n) is 2.14. The van der Waals surface area contributed by atoms with Gasteiger partial charge >= 0.3 is 0 Å². The Kier molecular flexibility index (Phi) is 5.16. The number of aliphatic hydroxyl groups is 1. The molecule has 0 aliphatic rings. The normalized spacial score (nSPS) is 14.1. The lowest BCUT2D eigenvalue weighted by Gasteiger charge is -2.23. The highest BCUT2D eigenvalue weighted by Crippen LogP contribution is 2.33. The van der Waals surface area contributed by atoms with Crippen LogP contribution in [0.3, 0.4) is 0 Å². The van der Waals surface area contributed by atoms with E-state index in [1.165, 1.54) is 6.07 Å². The standard InChI is InChI=1S/C15H14BrClFNO/c16-10-4-5-12(14(18)7-10)15(20)13(8-19)9-2-1-3-11(17)6-9/h1-7,13,15,20H,8,19H2. The summed E-state index contributed by atoms with van der Waals surface area (Å²) < 4.78 is 14.6. The third-order valence-corrected chi connectivity index (χ3v) is 3.92. The minimum Gasteiger partial charge on any atom is -0.388 e. The summed E-state index contributed by atoms with van der Waals surface area (Å²) in [6, 6.07) is 11.6. The first-order chi connectivity index (χ1) is 9.52. The van der Waals surface area contributed by atoms with E-state index in [0.29, 0.717) is 9.50 Å². The average Bonchev–Trinajstić information content (AvgIpc) is 2.39. The zero-order chi connectivity index (χ0) is 14.7. The van der Waals surface area contributed by atoms with Gasteiger partial charge in [-0.1, -0.05) is 45.7 Å². The van der Waals surface area contributed by atoms with Crippen LogP contribution in [0, 0.1) is 5.82 Å². The summed E-state index contributed by atoms with van der Waals surface area (Å²) in [6.07, 6.45) is -1.02. The van der Waals surface area contributed by atoms with E-state index < -0.39 is 17.8 Å². The molecule has 0 heterocycles. The van der Waals surface area contributed by atoms with Crippen molar-refractivity contribution in [1.29, 1.82) is 0 Å². The summed E-state index contributed by atoms with van der Waals surface area (Å²) in [5.41, 5.74) is 6.75. The Morgan fingerprint density at radius 1 is 1.25 bits per heavy atom. The van der Waals surface area contributed by atoms with Crippen molar-refractivity contribution in [1.82, 2.24) is 0 Å². The molecule has 5 heteroatoms. The molecule has 2 aromatic carbocycles. The maximum atomic E-state index is 13.9. The zero-order valence-electron chi connectivity index (χ0n) is 10.6. The highest BCUT2D eigenvalue weighted by Gasteiger charge is 2.24. The molecule has 2 aromatic rings. The maximum Gasteiger partial charge on any atom is 0.130 e. The smallest absolute Gasteiger partial charge is 0.130 e. The Balaban J connectivity index is 2.36. The second-order valence-electron chi connectivity index (χ2n) is 4.51. The maximum absolute atomic E-state index is 13.9. The van der Waals surface area contributed by atoms with Crippen molar-refractivity contribution in [2.45, 2.75) is 12.0 Å². The predicted molar refractivity (Wildman–Crippen MR) is 82.3 cm³/mol. The second-order valence-corrected chi connectivity index (χ2v) is 5.86. The average molecular weight is 359 g/mol. The van der Waals surface area contributed by atoms with Gasteiger partial charge < -0.3 is 10.8 Å². The molecule has 2 unspecified atom stereocenters. The van der Waals surface area contributed by atoms with Gasteiger partial charge in [-0.15, -0.1) is 0 Å². The Bertz CT molecular complexity index is 608. The van der Waals surface area contributed by atoms with Crippen LogP contribution in [0.1, 0.15) is 23.1 Å². The number of aliphatic hydroxyl groups excluding tert-OH is 1. The van der Waals surface area contributed by atoms with Crippen molar-refractivity contribution >= 4 is 27.5 Å². The second kappa shape index (κ2) is 6.68. The van der Waals surface area contributed by atoms with Crippen LogP contribution in [0.2, 0.25) is 5.02 Å². The van der Waals surface area contributed by atoms with Crippen LogP contribution >= 0.6 is 27.5 Å². The summed E-state index contributed by atoms with van der Waals surface area (Å²) >= 11 is 9.14. The molecule has 0 amide bonds. The van der Waals surface area contributed by atoms with Gasteiger partial charge in [0.05, 0.1) is 6.10 Å². The fraction of sp³-hybridized carbons (Fsp3) is 0.200. The Morgan fingerprint density at radius 2 is 2.00 bits per heavy atom. The Labute approximate surface area is 130 Å². The monoisotopic (exact) mass is 357 g/mol. The lowest BCUT2D eigenvalue weighted by Crippen LogP contribution is -2.21. The largest absolute Gasteiger partial charge is 0.388 e. The van der Waals surface area contributed by atoms with Crippen molar-refractivity contribution in [3.63, 3.8) is 0 Å². The highest BCUT2D eigenvalue weighted by atomic mass is 79.9. The fourth-order valence-corrected chi connectivity index (χ4v) is 2.67. The van der Waals surface area contributed by atoms with Crippen molar-refractivity contribution < 1.29 is 9.50 Å². The molecule has 2 rings (SSSR count). The number of nitrogens with two attached hydrogens (primary N) is 1. The topological polar surface area (TPSA) is 46.2 Å². The molecule has 0 aliphatic heterocycles.